The van der Waals surface area contributed by atoms with E-state index in [9.17, 15) is 4.39 Å². The number of hydrogen-bond donors (Lipinski definition) is 1. The summed E-state index contributed by atoms with van der Waals surface area (Å²) in [6.45, 7) is 4.32. The number of hydroxylamine groups is 1. The maximum absolute atomic E-state index is 14.5. The van der Waals surface area contributed by atoms with E-state index >= 15 is 0 Å². The third kappa shape index (κ3) is 5.21. The standard InChI is InChI=1S/C23H20Cl2FN3OS/c1-13-6-7-15(19(25)8-13)10-16-12-30-29-23(28-16)17-9-14(2)27-11-21(17)31-20-5-3-4-18(24)22(20)26/h3-9,11,16H,10,12H2,1-2H3,(H,28,29). The molecular weight excluding hydrogens is 456 g/mol. The van der Waals surface area contributed by atoms with E-state index < -0.39 is 5.82 Å². The lowest BCUT2D eigenvalue weighted by molar-refractivity contribution is 0.0623. The highest BCUT2D eigenvalue weighted by Gasteiger charge is 2.21. The normalized spacial score (nSPS) is 16.0. The lowest BCUT2D eigenvalue weighted by Crippen LogP contribution is -2.37. The number of rotatable bonds is 5. The molecule has 2 heterocycles. The fourth-order valence-electron chi connectivity index (χ4n) is 3.25. The van der Waals surface area contributed by atoms with E-state index in [1.54, 1.807) is 18.3 Å². The van der Waals surface area contributed by atoms with Gasteiger partial charge in [0.05, 0.1) is 17.7 Å². The van der Waals surface area contributed by atoms with Crippen molar-refractivity contribution < 1.29 is 9.23 Å². The lowest BCUT2D eigenvalue weighted by atomic mass is 10.0. The Morgan fingerprint density at radius 3 is 2.77 bits per heavy atom. The molecule has 1 aliphatic heterocycles. The van der Waals surface area contributed by atoms with Gasteiger partial charge in [0.25, 0.3) is 0 Å². The minimum absolute atomic E-state index is 0.0816. The Morgan fingerprint density at radius 2 is 1.97 bits per heavy atom. The van der Waals surface area contributed by atoms with E-state index in [2.05, 4.69) is 10.5 Å². The Bertz CT molecular complexity index is 1160. The molecule has 8 heteroatoms. The SMILES string of the molecule is Cc1ccc(CC2CONC(c3cc(C)ncc3Sc3cccc(Cl)c3F)=N2)c(Cl)c1. The van der Waals surface area contributed by atoms with Crippen molar-refractivity contribution in [2.24, 2.45) is 4.99 Å². The van der Waals surface area contributed by atoms with Crippen LogP contribution in [0.3, 0.4) is 0 Å². The zero-order valence-corrected chi connectivity index (χ0v) is 19.3. The second kappa shape index (κ2) is 9.57. The molecule has 0 radical (unpaired) electrons. The van der Waals surface area contributed by atoms with Crippen LogP contribution in [0, 0.1) is 19.7 Å². The number of halogens is 3. The monoisotopic (exact) mass is 475 g/mol. The number of hydrogen-bond acceptors (Lipinski definition) is 5. The average Bonchev–Trinajstić information content (AvgIpc) is 2.75. The first-order chi connectivity index (χ1) is 14.9. The third-order valence-electron chi connectivity index (χ3n) is 4.82. The molecule has 1 aromatic heterocycles. The number of aromatic nitrogens is 1. The quantitative estimate of drug-likeness (QED) is 0.477. The smallest absolute Gasteiger partial charge is 0.155 e. The van der Waals surface area contributed by atoms with Gasteiger partial charge >= 0.3 is 0 Å². The Morgan fingerprint density at radius 1 is 1.13 bits per heavy atom. The summed E-state index contributed by atoms with van der Waals surface area (Å²) in [5.74, 6) is 0.122. The molecule has 0 bridgehead atoms. The summed E-state index contributed by atoms with van der Waals surface area (Å²) in [6.07, 6.45) is 2.36. The van der Waals surface area contributed by atoms with E-state index in [4.69, 9.17) is 33.0 Å². The van der Waals surface area contributed by atoms with Gasteiger partial charge in [-0.05, 0) is 55.7 Å². The van der Waals surface area contributed by atoms with Crippen molar-refractivity contribution >= 4 is 40.8 Å². The molecule has 1 unspecified atom stereocenters. The van der Waals surface area contributed by atoms with Crippen LogP contribution in [0.4, 0.5) is 4.39 Å². The van der Waals surface area contributed by atoms with Gasteiger partial charge in [-0.3, -0.25) is 14.8 Å². The lowest BCUT2D eigenvalue weighted by Gasteiger charge is -2.23. The first-order valence-corrected chi connectivity index (χ1v) is 11.3. The first-order valence-electron chi connectivity index (χ1n) is 9.70. The van der Waals surface area contributed by atoms with Crippen LogP contribution in [0.5, 0.6) is 0 Å². The number of aryl methyl sites for hydroxylation is 2. The van der Waals surface area contributed by atoms with Crippen LogP contribution in [0.25, 0.3) is 0 Å². The predicted octanol–water partition coefficient (Wildman–Crippen LogP) is 6.19. The van der Waals surface area contributed by atoms with E-state index in [0.717, 1.165) is 32.3 Å². The maximum atomic E-state index is 14.5. The van der Waals surface area contributed by atoms with Crippen LogP contribution in [0.2, 0.25) is 10.0 Å². The van der Waals surface area contributed by atoms with Crippen molar-refractivity contribution in [3.05, 3.63) is 86.9 Å². The van der Waals surface area contributed by atoms with Gasteiger partial charge in [-0.15, -0.1) is 0 Å². The zero-order valence-electron chi connectivity index (χ0n) is 17.0. The highest BCUT2D eigenvalue weighted by molar-refractivity contribution is 7.99. The second-order valence-electron chi connectivity index (χ2n) is 7.32. The van der Waals surface area contributed by atoms with Crippen LogP contribution in [-0.4, -0.2) is 23.5 Å². The van der Waals surface area contributed by atoms with E-state index in [1.807, 2.05) is 38.1 Å². The fraction of sp³-hybridized carbons (Fsp3) is 0.217. The molecule has 1 atom stereocenters. The minimum atomic E-state index is -0.456. The van der Waals surface area contributed by atoms with Gasteiger partial charge in [0, 0.05) is 32.3 Å². The molecule has 0 saturated carbocycles. The summed E-state index contributed by atoms with van der Waals surface area (Å²) in [4.78, 5) is 16.0. The van der Waals surface area contributed by atoms with Crippen molar-refractivity contribution in [1.82, 2.24) is 10.5 Å². The molecule has 160 valence electrons. The number of pyridine rings is 1. The Hall–Kier alpha value is -2.12. The van der Waals surface area contributed by atoms with Crippen LogP contribution in [-0.2, 0) is 11.3 Å². The van der Waals surface area contributed by atoms with Crippen molar-refractivity contribution in [1.29, 1.82) is 0 Å². The topological polar surface area (TPSA) is 46.5 Å². The molecule has 0 aliphatic carbocycles. The van der Waals surface area contributed by atoms with Crippen molar-refractivity contribution in [3.8, 4) is 0 Å². The van der Waals surface area contributed by atoms with Crippen molar-refractivity contribution in [2.75, 3.05) is 6.61 Å². The van der Waals surface area contributed by atoms with Gasteiger partial charge in [-0.25, -0.2) is 9.87 Å². The summed E-state index contributed by atoms with van der Waals surface area (Å²) < 4.78 is 14.5. The largest absolute Gasteiger partial charge is 0.272 e. The van der Waals surface area contributed by atoms with E-state index in [-0.39, 0.29) is 11.1 Å². The van der Waals surface area contributed by atoms with Gasteiger partial charge in [0.2, 0.25) is 0 Å². The van der Waals surface area contributed by atoms with Crippen molar-refractivity contribution in [2.45, 2.75) is 36.1 Å². The van der Waals surface area contributed by atoms with Gasteiger partial charge in [-0.2, -0.15) is 0 Å². The summed E-state index contributed by atoms with van der Waals surface area (Å²) in [5, 5.41) is 0.806. The van der Waals surface area contributed by atoms with E-state index in [0.29, 0.717) is 23.8 Å². The number of amidine groups is 1. The maximum Gasteiger partial charge on any atom is 0.155 e. The predicted molar refractivity (Wildman–Crippen MR) is 124 cm³/mol. The van der Waals surface area contributed by atoms with Crippen LogP contribution < -0.4 is 5.48 Å². The molecule has 0 saturated heterocycles. The molecule has 4 nitrogen and oxygen atoms in total. The zero-order chi connectivity index (χ0) is 22.0. The Labute approximate surface area is 194 Å². The number of nitrogens with zero attached hydrogens (tertiary/aromatic N) is 2. The average molecular weight is 476 g/mol. The third-order valence-corrected chi connectivity index (χ3v) is 6.54. The van der Waals surface area contributed by atoms with Crippen molar-refractivity contribution in [3.63, 3.8) is 0 Å². The van der Waals surface area contributed by atoms with Crippen LogP contribution >= 0.6 is 35.0 Å². The molecular formula is C23H20Cl2FN3OS. The number of nitrogens with one attached hydrogen (secondary N) is 1. The van der Waals surface area contributed by atoms with Crippen LogP contribution in [0.15, 0.2) is 63.4 Å². The molecule has 1 N–H and O–H groups in total. The molecule has 4 rings (SSSR count). The number of benzene rings is 2. The Kier molecular flexibility index (Phi) is 6.82. The molecule has 31 heavy (non-hydrogen) atoms. The van der Waals surface area contributed by atoms with Gasteiger partial charge in [0.1, 0.15) is 0 Å². The van der Waals surface area contributed by atoms with Gasteiger partial charge < -0.3 is 0 Å². The molecule has 0 amide bonds. The molecule has 2 aromatic carbocycles. The van der Waals surface area contributed by atoms with E-state index in [1.165, 1.54) is 17.8 Å². The summed E-state index contributed by atoms with van der Waals surface area (Å²) in [6, 6.07) is 12.7. The minimum Gasteiger partial charge on any atom is -0.272 e. The van der Waals surface area contributed by atoms with Crippen LogP contribution in [0.1, 0.15) is 22.4 Å². The first kappa shape index (κ1) is 22.1. The molecule has 0 fully saturated rings. The molecule has 0 spiro atoms. The number of aliphatic imine (C=N–C) groups is 1. The summed E-state index contributed by atoms with van der Waals surface area (Å²) in [7, 11) is 0. The molecule has 1 aliphatic rings. The highest BCUT2D eigenvalue weighted by atomic mass is 35.5. The summed E-state index contributed by atoms with van der Waals surface area (Å²) >= 11 is 13.6. The summed E-state index contributed by atoms with van der Waals surface area (Å²) in [5.41, 5.74) is 6.65. The van der Waals surface area contributed by atoms with Gasteiger partial charge in [-0.1, -0.05) is 53.2 Å². The molecule has 3 aromatic rings. The second-order valence-corrected chi connectivity index (χ2v) is 9.22. The highest BCUT2D eigenvalue weighted by Crippen LogP contribution is 2.35. The Balaban J connectivity index is 1.64. The van der Waals surface area contributed by atoms with Gasteiger partial charge in [0.15, 0.2) is 11.7 Å². The fourth-order valence-corrected chi connectivity index (χ4v) is 4.75.